The summed E-state index contributed by atoms with van der Waals surface area (Å²) in [5.74, 6) is 2.65. The molecule has 2 aromatic rings. The van der Waals surface area contributed by atoms with Crippen molar-refractivity contribution in [1.82, 2.24) is 20.4 Å². The fourth-order valence-electron chi connectivity index (χ4n) is 4.32. The zero-order chi connectivity index (χ0) is 20.8. The van der Waals surface area contributed by atoms with Crippen LogP contribution in [0.3, 0.4) is 0 Å². The zero-order valence-electron chi connectivity index (χ0n) is 17.6. The summed E-state index contributed by atoms with van der Waals surface area (Å²) in [5, 5.41) is 6.07. The molecule has 2 saturated heterocycles. The summed E-state index contributed by atoms with van der Waals surface area (Å²) in [6.07, 6.45) is 4.07. The number of ether oxygens (including phenoxy) is 1. The summed E-state index contributed by atoms with van der Waals surface area (Å²) >= 11 is 0. The number of carbonyl (C=O) groups excluding carboxylic acids is 1. The molecule has 2 fully saturated rings. The number of nitrogens with zero attached hydrogens (tertiary/aromatic N) is 2. The first-order chi connectivity index (χ1) is 14.7. The second kappa shape index (κ2) is 10.1. The number of furan rings is 2. The molecule has 0 spiro atoms. The maximum absolute atomic E-state index is 12.6. The minimum absolute atomic E-state index is 0.00666. The second-order valence-electron chi connectivity index (χ2n) is 7.98. The number of rotatable bonds is 8. The third-order valence-corrected chi connectivity index (χ3v) is 5.94. The highest BCUT2D eigenvalue weighted by atomic mass is 16.5. The van der Waals surface area contributed by atoms with Gasteiger partial charge < -0.3 is 24.2 Å². The summed E-state index contributed by atoms with van der Waals surface area (Å²) in [6.45, 7) is 8.04. The number of urea groups is 1. The molecule has 4 heterocycles. The van der Waals surface area contributed by atoms with Gasteiger partial charge in [0.15, 0.2) is 0 Å². The molecule has 0 saturated carbocycles. The maximum Gasteiger partial charge on any atom is 0.314 e. The first-order valence-corrected chi connectivity index (χ1v) is 10.9. The summed E-state index contributed by atoms with van der Waals surface area (Å²) in [5.41, 5.74) is 0. The third-order valence-electron chi connectivity index (χ3n) is 5.94. The molecule has 2 aliphatic heterocycles. The average molecular weight is 417 g/mol. The number of likely N-dealkylation sites (tertiary alicyclic amines) is 1. The quantitative estimate of drug-likeness (QED) is 0.689. The minimum atomic E-state index is -0.174. The van der Waals surface area contributed by atoms with Crippen LogP contribution in [-0.2, 0) is 4.74 Å². The molecule has 2 amide bonds. The lowest BCUT2D eigenvalue weighted by Crippen LogP contribution is -2.47. The smallest absolute Gasteiger partial charge is 0.314 e. The highest BCUT2D eigenvalue weighted by Gasteiger charge is 2.28. The van der Waals surface area contributed by atoms with Crippen LogP contribution in [0, 0.1) is 6.92 Å². The lowest BCUT2D eigenvalue weighted by atomic mass is 10.1. The second-order valence-corrected chi connectivity index (χ2v) is 7.98. The number of hydrogen-bond donors (Lipinski definition) is 2. The zero-order valence-corrected chi connectivity index (χ0v) is 17.6. The van der Waals surface area contributed by atoms with Crippen molar-refractivity contribution < 1.29 is 18.4 Å². The fourth-order valence-corrected chi connectivity index (χ4v) is 4.32. The molecule has 0 aliphatic carbocycles. The van der Waals surface area contributed by atoms with Gasteiger partial charge in [-0.3, -0.25) is 9.80 Å². The Kier molecular flexibility index (Phi) is 7.09. The van der Waals surface area contributed by atoms with E-state index in [1.165, 1.54) is 12.8 Å². The van der Waals surface area contributed by atoms with E-state index in [0.717, 1.165) is 43.5 Å². The summed E-state index contributed by atoms with van der Waals surface area (Å²) in [7, 11) is 0. The molecule has 8 nitrogen and oxygen atoms in total. The Balaban J connectivity index is 1.33. The van der Waals surface area contributed by atoms with Gasteiger partial charge in [0.25, 0.3) is 0 Å². The van der Waals surface area contributed by atoms with E-state index < -0.39 is 0 Å². The largest absolute Gasteiger partial charge is 0.468 e. The van der Waals surface area contributed by atoms with Gasteiger partial charge in [-0.2, -0.15) is 0 Å². The molecular weight excluding hydrogens is 384 g/mol. The van der Waals surface area contributed by atoms with Crippen LogP contribution in [-0.4, -0.2) is 68.3 Å². The lowest BCUT2D eigenvalue weighted by molar-refractivity contribution is 0.0121. The molecule has 0 radical (unpaired) electrons. The minimum Gasteiger partial charge on any atom is -0.468 e. The normalized spacial score (nSPS) is 20.2. The van der Waals surface area contributed by atoms with Crippen LogP contribution in [0.25, 0.3) is 0 Å². The Hall–Kier alpha value is -2.29. The van der Waals surface area contributed by atoms with Gasteiger partial charge in [-0.1, -0.05) is 0 Å². The molecule has 2 aliphatic rings. The van der Waals surface area contributed by atoms with Crippen molar-refractivity contribution in [3.63, 3.8) is 0 Å². The van der Waals surface area contributed by atoms with Crippen LogP contribution in [0.2, 0.25) is 0 Å². The number of carbonyl (C=O) groups is 1. The predicted molar refractivity (Wildman–Crippen MR) is 112 cm³/mol. The van der Waals surface area contributed by atoms with E-state index in [9.17, 15) is 4.79 Å². The fraction of sp³-hybridized carbons (Fsp3) is 0.591. The van der Waals surface area contributed by atoms with Crippen LogP contribution in [0.1, 0.15) is 42.2 Å². The molecule has 164 valence electrons. The van der Waals surface area contributed by atoms with Crippen molar-refractivity contribution in [2.24, 2.45) is 0 Å². The van der Waals surface area contributed by atoms with Crippen molar-refractivity contribution >= 4 is 6.03 Å². The Morgan fingerprint density at radius 2 is 1.63 bits per heavy atom. The van der Waals surface area contributed by atoms with Gasteiger partial charge in [0, 0.05) is 26.2 Å². The molecule has 0 bridgehead atoms. The molecule has 2 atom stereocenters. The van der Waals surface area contributed by atoms with Crippen LogP contribution in [0.5, 0.6) is 0 Å². The highest BCUT2D eigenvalue weighted by Crippen LogP contribution is 2.25. The Morgan fingerprint density at radius 1 is 0.967 bits per heavy atom. The van der Waals surface area contributed by atoms with E-state index in [2.05, 4.69) is 20.4 Å². The molecular formula is C22H32N4O4. The predicted octanol–water partition coefficient (Wildman–Crippen LogP) is 2.69. The summed E-state index contributed by atoms with van der Waals surface area (Å²) in [6, 6.07) is 7.73. The van der Waals surface area contributed by atoms with Gasteiger partial charge in [-0.15, -0.1) is 0 Å². The average Bonchev–Trinajstić information content (AvgIpc) is 3.53. The first-order valence-electron chi connectivity index (χ1n) is 10.9. The monoisotopic (exact) mass is 416 g/mol. The molecule has 8 heteroatoms. The Bertz CT molecular complexity index is 779. The van der Waals surface area contributed by atoms with Gasteiger partial charge in [-0.25, -0.2) is 4.79 Å². The van der Waals surface area contributed by atoms with Crippen LogP contribution >= 0.6 is 0 Å². The Morgan fingerprint density at radius 3 is 2.23 bits per heavy atom. The van der Waals surface area contributed by atoms with E-state index in [0.29, 0.717) is 26.3 Å². The number of amides is 2. The first kappa shape index (κ1) is 21.0. The third kappa shape index (κ3) is 5.24. The van der Waals surface area contributed by atoms with Gasteiger partial charge in [0.1, 0.15) is 17.3 Å². The van der Waals surface area contributed by atoms with E-state index >= 15 is 0 Å². The molecule has 30 heavy (non-hydrogen) atoms. The van der Waals surface area contributed by atoms with Gasteiger partial charge in [0.2, 0.25) is 0 Å². The standard InChI is InChI=1S/C22H32N4O4/c1-17-6-7-21(30-17)19(26-10-13-28-14-11-26)16-24-22(27)23-15-18(20-5-4-12-29-20)25-8-2-3-9-25/h4-7,12,18-19H,2-3,8-11,13-16H2,1H3,(H2,23,24,27). The van der Waals surface area contributed by atoms with E-state index in [1.807, 2.05) is 31.2 Å². The Labute approximate surface area is 177 Å². The summed E-state index contributed by atoms with van der Waals surface area (Å²) < 4.78 is 17.0. The van der Waals surface area contributed by atoms with Crippen LogP contribution in [0.15, 0.2) is 39.4 Å². The molecule has 0 aromatic carbocycles. The van der Waals surface area contributed by atoms with E-state index in [1.54, 1.807) is 6.26 Å². The van der Waals surface area contributed by atoms with Crippen molar-refractivity contribution in [3.05, 3.63) is 47.8 Å². The van der Waals surface area contributed by atoms with Crippen molar-refractivity contribution in [2.45, 2.75) is 31.8 Å². The highest BCUT2D eigenvalue weighted by molar-refractivity contribution is 5.73. The van der Waals surface area contributed by atoms with Gasteiger partial charge in [0.05, 0.1) is 31.6 Å². The van der Waals surface area contributed by atoms with Crippen LogP contribution < -0.4 is 10.6 Å². The number of aryl methyl sites for hydroxylation is 1. The molecule has 2 unspecified atom stereocenters. The van der Waals surface area contributed by atoms with Crippen molar-refractivity contribution in [2.75, 3.05) is 52.5 Å². The van der Waals surface area contributed by atoms with Gasteiger partial charge >= 0.3 is 6.03 Å². The van der Waals surface area contributed by atoms with Gasteiger partial charge in [-0.05, 0) is 57.1 Å². The summed E-state index contributed by atoms with van der Waals surface area (Å²) in [4.78, 5) is 17.3. The number of morpholine rings is 1. The lowest BCUT2D eigenvalue weighted by Gasteiger charge is -2.33. The molecule has 2 aromatic heterocycles. The van der Waals surface area contributed by atoms with Crippen molar-refractivity contribution in [3.8, 4) is 0 Å². The van der Waals surface area contributed by atoms with Crippen LogP contribution in [0.4, 0.5) is 4.79 Å². The van der Waals surface area contributed by atoms with E-state index in [4.69, 9.17) is 13.6 Å². The van der Waals surface area contributed by atoms with E-state index in [-0.39, 0.29) is 18.1 Å². The molecule has 4 rings (SSSR count). The molecule has 2 N–H and O–H groups in total. The topological polar surface area (TPSA) is 83.1 Å². The number of nitrogens with one attached hydrogen (secondary N) is 2. The van der Waals surface area contributed by atoms with Crippen molar-refractivity contribution in [1.29, 1.82) is 0 Å². The SMILES string of the molecule is Cc1ccc(C(CNC(=O)NCC(c2ccco2)N2CCCC2)N2CCOCC2)o1. The number of hydrogen-bond acceptors (Lipinski definition) is 6. The maximum atomic E-state index is 12.6.